The maximum atomic E-state index is 11.8. The first-order chi connectivity index (χ1) is 14.2. The van der Waals surface area contributed by atoms with E-state index in [0.717, 1.165) is 38.3 Å². The van der Waals surface area contributed by atoms with Gasteiger partial charge in [0.1, 0.15) is 0 Å². The van der Waals surface area contributed by atoms with Crippen LogP contribution in [0.15, 0.2) is 42.7 Å². The third-order valence-corrected chi connectivity index (χ3v) is 5.34. The van der Waals surface area contributed by atoms with Gasteiger partial charge in [-0.15, -0.1) is 0 Å². The topological polar surface area (TPSA) is 77.7 Å². The van der Waals surface area contributed by atoms with Crippen LogP contribution in [0.3, 0.4) is 0 Å². The number of benzene rings is 1. The fourth-order valence-electron chi connectivity index (χ4n) is 3.71. The smallest absolute Gasteiger partial charge is 0.311 e. The number of carbonyl (C=O) groups is 1. The van der Waals surface area contributed by atoms with Gasteiger partial charge in [0.2, 0.25) is 0 Å². The molecule has 1 aliphatic rings. The average Bonchev–Trinajstić information content (AvgIpc) is 2.74. The SMILES string of the molecule is CCCC(=O)Oc1c(N)cccc1OCCCC1CCN(c2ccncc2)CC1. The van der Waals surface area contributed by atoms with Gasteiger partial charge in [0, 0.05) is 37.6 Å². The molecule has 0 saturated carbocycles. The summed E-state index contributed by atoms with van der Waals surface area (Å²) in [6.45, 7) is 4.70. The van der Waals surface area contributed by atoms with E-state index in [0.29, 0.717) is 30.2 Å². The number of ether oxygens (including phenoxy) is 2. The largest absolute Gasteiger partial charge is 0.490 e. The first kappa shape index (κ1) is 21.0. The van der Waals surface area contributed by atoms with Gasteiger partial charge in [-0.1, -0.05) is 13.0 Å². The van der Waals surface area contributed by atoms with Gasteiger partial charge >= 0.3 is 5.97 Å². The second-order valence-corrected chi connectivity index (χ2v) is 7.53. The molecule has 1 fully saturated rings. The van der Waals surface area contributed by atoms with Gasteiger partial charge in [-0.2, -0.15) is 0 Å². The maximum absolute atomic E-state index is 11.8. The van der Waals surface area contributed by atoms with Crippen molar-refractivity contribution in [3.63, 3.8) is 0 Å². The predicted octanol–water partition coefficient (Wildman–Crippen LogP) is 4.44. The highest BCUT2D eigenvalue weighted by atomic mass is 16.6. The van der Waals surface area contributed by atoms with E-state index in [2.05, 4.69) is 22.0 Å². The van der Waals surface area contributed by atoms with Crippen LogP contribution in [0.5, 0.6) is 11.5 Å². The van der Waals surface area contributed by atoms with Crippen LogP contribution >= 0.6 is 0 Å². The first-order valence-corrected chi connectivity index (χ1v) is 10.5. The molecule has 6 nitrogen and oxygen atoms in total. The third kappa shape index (κ3) is 6.11. The molecule has 2 N–H and O–H groups in total. The molecule has 0 aliphatic carbocycles. The van der Waals surface area contributed by atoms with Crippen LogP contribution < -0.4 is 20.1 Å². The van der Waals surface area contributed by atoms with Gasteiger partial charge in [-0.3, -0.25) is 9.78 Å². The Morgan fingerprint density at radius 3 is 2.69 bits per heavy atom. The predicted molar refractivity (Wildman–Crippen MR) is 115 cm³/mol. The molecule has 0 radical (unpaired) electrons. The Labute approximate surface area is 173 Å². The van der Waals surface area contributed by atoms with Gasteiger partial charge in [-0.05, 0) is 62.3 Å². The summed E-state index contributed by atoms with van der Waals surface area (Å²) < 4.78 is 11.3. The second kappa shape index (κ2) is 10.7. The van der Waals surface area contributed by atoms with Crippen LogP contribution in [-0.4, -0.2) is 30.6 Å². The van der Waals surface area contributed by atoms with Crippen molar-refractivity contribution in [2.75, 3.05) is 30.3 Å². The molecule has 0 bridgehead atoms. The summed E-state index contributed by atoms with van der Waals surface area (Å²) >= 11 is 0. The van der Waals surface area contributed by atoms with Crippen molar-refractivity contribution in [3.8, 4) is 11.5 Å². The van der Waals surface area contributed by atoms with Gasteiger partial charge in [0.25, 0.3) is 0 Å². The van der Waals surface area contributed by atoms with Gasteiger partial charge < -0.3 is 20.1 Å². The minimum absolute atomic E-state index is 0.281. The number of hydrogen-bond acceptors (Lipinski definition) is 6. The molecule has 156 valence electrons. The van der Waals surface area contributed by atoms with Crippen molar-refractivity contribution in [1.82, 2.24) is 4.98 Å². The summed E-state index contributed by atoms with van der Waals surface area (Å²) in [5.41, 5.74) is 7.67. The Hall–Kier alpha value is -2.76. The summed E-state index contributed by atoms with van der Waals surface area (Å²) in [5, 5.41) is 0. The Balaban J connectivity index is 1.42. The lowest BCUT2D eigenvalue weighted by atomic mass is 9.92. The normalized spacial score (nSPS) is 14.6. The quantitative estimate of drug-likeness (QED) is 0.292. The van der Waals surface area contributed by atoms with Gasteiger partial charge in [0.05, 0.1) is 12.3 Å². The highest BCUT2D eigenvalue weighted by Gasteiger charge is 2.19. The van der Waals surface area contributed by atoms with Crippen molar-refractivity contribution in [3.05, 3.63) is 42.7 Å². The number of para-hydroxylation sites is 1. The summed E-state index contributed by atoms with van der Waals surface area (Å²) in [7, 11) is 0. The number of esters is 1. The average molecular weight is 398 g/mol. The molecule has 1 aromatic heterocycles. The second-order valence-electron chi connectivity index (χ2n) is 7.53. The van der Waals surface area contributed by atoms with E-state index in [-0.39, 0.29) is 5.97 Å². The molecule has 1 saturated heterocycles. The van der Waals surface area contributed by atoms with Gasteiger partial charge in [0.15, 0.2) is 11.5 Å². The zero-order valence-corrected chi connectivity index (χ0v) is 17.2. The zero-order chi connectivity index (χ0) is 20.5. The number of piperidine rings is 1. The molecule has 0 atom stereocenters. The number of rotatable bonds is 9. The van der Waals surface area contributed by atoms with E-state index in [1.54, 1.807) is 12.1 Å². The molecule has 0 amide bonds. The standard InChI is InChI=1S/C23H31N3O3/c1-2-5-22(27)29-23-20(24)7-3-8-21(23)28-17-4-6-18-11-15-26(16-12-18)19-9-13-25-14-10-19/h3,7-10,13-14,18H,2,4-6,11-12,15-17,24H2,1H3. The molecule has 6 heteroatoms. The highest BCUT2D eigenvalue weighted by molar-refractivity contribution is 5.76. The summed E-state index contributed by atoms with van der Waals surface area (Å²) in [6.07, 6.45) is 9.30. The van der Waals surface area contributed by atoms with E-state index in [4.69, 9.17) is 15.2 Å². The monoisotopic (exact) mass is 397 g/mol. The number of anilines is 2. The van der Waals surface area contributed by atoms with Crippen molar-refractivity contribution in [1.29, 1.82) is 0 Å². The van der Waals surface area contributed by atoms with Crippen molar-refractivity contribution in [2.24, 2.45) is 5.92 Å². The van der Waals surface area contributed by atoms with Crippen LogP contribution in [0, 0.1) is 5.92 Å². The summed E-state index contributed by atoms with van der Waals surface area (Å²) in [5.74, 6) is 1.33. The molecular formula is C23H31N3O3. The van der Waals surface area contributed by atoms with E-state index < -0.39 is 0 Å². The van der Waals surface area contributed by atoms with Crippen LogP contribution in [0.25, 0.3) is 0 Å². The minimum atomic E-state index is -0.281. The molecule has 2 heterocycles. The van der Waals surface area contributed by atoms with Crippen molar-refractivity contribution in [2.45, 2.75) is 45.4 Å². The number of nitrogens with two attached hydrogens (primary N) is 1. The van der Waals surface area contributed by atoms with Crippen molar-refractivity contribution < 1.29 is 14.3 Å². The lowest BCUT2D eigenvalue weighted by Crippen LogP contribution is -2.33. The third-order valence-electron chi connectivity index (χ3n) is 5.34. The number of aromatic nitrogens is 1. The summed E-state index contributed by atoms with van der Waals surface area (Å²) in [6, 6.07) is 9.49. The Bertz CT molecular complexity index is 774. The van der Waals surface area contributed by atoms with Crippen LogP contribution in [0.1, 0.15) is 45.4 Å². The number of hydrogen-bond donors (Lipinski definition) is 1. The van der Waals surface area contributed by atoms with Crippen molar-refractivity contribution >= 4 is 17.3 Å². The zero-order valence-electron chi connectivity index (χ0n) is 17.2. The maximum Gasteiger partial charge on any atom is 0.311 e. The molecule has 2 aromatic rings. The number of nitrogens with zero attached hydrogens (tertiary/aromatic N) is 2. The fourth-order valence-corrected chi connectivity index (χ4v) is 3.71. The molecular weight excluding hydrogens is 366 g/mol. The summed E-state index contributed by atoms with van der Waals surface area (Å²) in [4.78, 5) is 18.4. The lowest BCUT2D eigenvalue weighted by molar-refractivity contribution is -0.134. The molecule has 0 unspecified atom stereocenters. The van der Waals surface area contributed by atoms with E-state index in [1.165, 1.54) is 18.5 Å². The van der Waals surface area contributed by atoms with Crippen LogP contribution in [0.2, 0.25) is 0 Å². The van der Waals surface area contributed by atoms with Crippen LogP contribution in [0.4, 0.5) is 11.4 Å². The van der Waals surface area contributed by atoms with Crippen LogP contribution in [-0.2, 0) is 4.79 Å². The molecule has 0 spiro atoms. The Morgan fingerprint density at radius 2 is 1.97 bits per heavy atom. The fraction of sp³-hybridized carbons (Fsp3) is 0.478. The van der Waals surface area contributed by atoms with E-state index >= 15 is 0 Å². The highest BCUT2D eigenvalue weighted by Crippen LogP contribution is 2.34. The Morgan fingerprint density at radius 1 is 1.21 bits per heavy atom. The number of pyridine rings is 1. The lowest BCUT2D eigenvalue weighted by Gasteiger charge is -2.33. The molecule has 1 aliphatic heterocycles. The number of nitrogen functional groups attached to an aromatic ring is 1. The molecule has 1 aromatic carbocycles. The van der Waals surface area contributed by atoms with E-state index in [1.807, 2.05) is 25.4 Å². The van der Waals surface area contributed by atoms with E-state index in [9.17, 15) is 4.79 Å². The van der Waals surface area contributed by atoms with Gasteiger partial charge in [-0.25, -0.2) is 0 Å². The minimum Gasteiger partial charge on any atom is -0.490 e. The number of carbonyl (C=O) groups excluding carboxylic acids is 1. The Kier molecular flexibility index (Phi) is 7.73. The molecule has 3 rings (SSSR count). The first-order valence-electron chi connectivity index (χ1n) is 10.5. The molecule has 29 heavy (non-hydrogen) atoms.